The number of thiazole rings is 1. The normalized spacial score (nSPS) is 10.5. The van der Waals surface area contributed by atoms with E-state index in [-0.39, 0.29) is 5.97 Å². The Hall–Kier alpha value is -3.71. The minimum atomic E-state index is -0.326. The molecule has 0 unspecified atom stereocenters. The van der Waals surface area contributed by atoms with Crippen LogP contribution in [0.1, 0.15) is 15.9 Å². The number of hydrogen-bond acceptors (Lipinski definition) is 7. The second-order valence-electron chi connectivity index (χ2n) is 7.00. The van der Waals surface area contributed by atoms with Crippen molar-refractivity contribution in [2.24, 2.45) is 0 Å². The monoisotopic (exact) mass is 430 g/mol. The highest BCUT2D eigenvalue weighted by molar-refractivity contribution is 7.14. The molecule has 0 amide bonds. The van der Waals surface area contributed by atoms with Gasteiger partial charge in [0.2, 0.25) is 0 Å². The van der Waals surface area contributed by atoms with E-state index < -0.39 is 0 Å². The summed E-state index contributed by atoms with van der Waals surface area (Å²) in [5.41, 5.74) is 5.61. The number of nitrogens with zero attached hydrogens (tertiary/aromatic N) is 3. The van der Waals surface area contributed by atoms with E-state index in [1.807, 2.05) is 55.0 Å². The van der Waals surface area contributed by atoms with Gasteiger partial charge in [-0.3, -0.25) is 4.98 Å². The van der Waals surface area contributed by atoms with E-state index in [9.17, 15) is 4.79 Å². The van der Waals surface area contributed by atoms with Crippen molar-refractivity contribution in [3.05, 3.63) is 89.6 Å². The second-order valence-corrected chi connectivity index (χ2v) is 7.86. The van der Waals surface area contributed by atoms with E-state index in [2.05, 4.69) is 32.3 Å². The molecule has 0 saturated carbocycles. The van der Waals surface area contributed by atoms with Crippen molar-refractivity contribution in [3.8, 4) is 11.3 Å². The molecule has 2 aromatic carbocycles. The average Bonchev–Trinajstić information content (AvgIpc) is 3.28. The van der Waals surface area contributed by atoms with Gasteiger partial charge in [0.15, 0.2) is 5.13 Å². The first-order valence-electron chi connectivity index (χ1n) is 9.74. The number of ether oxygens (including phenoxy) is 1. The standard InChI is InChI=1S/C24H22N4O2S/c1-28(15-17-8-10-18(11-9-17)23(29)30-2)21-7-3-6-20(13-21)26-24-27-22(16-31-24)19-5-4-12-25-14-19/h3-14,16H,15H2,1-2H3,(H,26,27). The largest absolute Gasteiger partial charge is 0.465 e. The molecule has 2 aromatic heterocycles. The number of nitrogens with one attached hydrogen (secondary N) is 1. The summed E-state index contributed by atoms with van der Waals surface area (Å²) in [5.74, 6) is -0.326. The van der Waals surface area contributed by atoms with Crippen molar-refractivity contribution in [1.29, 1.82) is 0 Å². The number of pyridine rings is 1. The van der Waals surface area contributed by atoms with Crippen LogP contribution in [-0.4, -0.2) is 30.1 Å². The predicted octanol–water partition coefficient (Wildman–Crippen LogP) is 5.37. The van der Waals surface area contributed by atoms with E-state index in [1.54, 1.807) is 29.7 Å². The van der Waals surface area contributed by atoms with Crippen molar-refractivity contribution in [3.63, 3.8) is 0 Å². The van der Waals surface area contributed by atoms with Crippen LogP contribution in [0.4, 0.5) is 16.5 Å². The van der Waals surface area contributed by atoms with Crippen LogP contribution in [0.5, 0.6) is 0 Å². The summed E-state index contributed by atoms with van der Waals surface area (Å²) in [6.45, 7) is 0.716. The highest BCUT2D eigenvalue weighted by Crippen LogP contribution is 2.28. The molecule has 7 heteroatoms. The highest BCUT2D eigenvalue weighted by Gasteiger charge is 2.08. The fourth-order valence-corrected chi connectivity index (χ4v) is 3.89. The van der Waals surface area contributed by atoms with Crippen LogP contribution in [0, 0.1) is 0 Å². The Morgan fingerprint density at radius 2 is 1.97 bits per heavy atom. The number of esters is 1. The van der Waals surface area contributed by atoms with Crippen molar-refractivity contribution in [1.82, 2.24) is 9.97 Å². The number of rotatable bonds is 7. The first-order valence-corrected chi connectivity index (χ1v) is 10.6. The maximum atomic E-state index is 11.6. The lowest BCUT2D eigenvalue weighted by Gasteiger charge is -2.20. The average molecular weight is 431 g/mol. The molecule has 2 heterocycles. The van der Waals surface area contributed by atoms with Gasteiger partial charge in [0, 0.05) is 48.3 Å². The molecule has 0 atom stereocenters. The van der Waals surface area contributed by atoms with Gasteiger partial charge in [-0.05, 0) is 48.0 Å². The molecular formula is C24H22N4O2S. The van der Waals surface area contributed by atoms with Crippen molar-refractivity contribution >= 4 is 33.8 Å². The summed E-state index contributed by atoms with van der Waals surface area (Å²) >= 11 is 1.56. The summed E-state index contributed by atoms with van der Waals surface area (Å²) in [4.78, 5) is 22.6. The zero-order chi connectivity index (χ0) is 21.6. The number of hydrogen-bond donors (Lipinski definition) is 1. The molecule has 0 aliphatic carbocycles. The predicted molar refractivity (Wildman–Crippen MR) is 125 cm³/mol. The van der Waals surface area contributed by atoms with E-state index in [0.29, 0.717) is 12.1 Å². The van der Waals surface area contributed by atoms with Gasteiger partial charge in [0.1, 0.15) is 0 Å². The molecule has 0 fully saturated rings. The molecule has 31 heavy (non-hydrogen) atoms. The number of benzene rings is 2. The van der Waals surface area contributed by atoms with Gasteiger partial charge in [0.05, 0.1) is 18.4 Å². The van der Waals surface area contributed by atoms with Crippen molar-refractivity contribution < 1.29 is 9.53 Å². The Kier molecular flexibility index (Phi) is 6.24. The Morgan fingerprint density at radius 1 is 1.13 bits per heavy atom. The molecule has 156 valence electrons. The Morgan fingerprint density at radius 3 is 2.71 bits per heavy atom. The van der Waals surface area contributed by atoms with Crippen LogP contribution in [-0.2, 0) is 11.3 Å². The number of anilines is 3. The van der Waals surface area contributed by atoms with E-state index in [4.69, 9.17) is 4.74 Å². The Labute approximate surface area is 185 Å². The van der Waals surface area contributed by atoms with Crippen molar-refractivity contribution in [2.45, 2.75) is 6.54 Å². The second kappa shape index (κ2) is 9.40. The summed E-state index contributed by atoms with van der Waals surface area (Å²) in [7, 11) is 3.42. The molecular weight excluding hydrogens is 408 g/mol. The first kappa shape index (κ1) is 20.6. The third kappa shape index (κ3) is 5.07. The number of carbonyl (C=O) groups is 1. The van der Waals surface area contributed by atoms with Crippen LogP contribution in [0.15, 0.2) is 78.4 Å². The lowest BCUT2D eigenvalue weighted by Crippen LogP contribution is -2.16. The SMILES string of the molecule is COC(=O)c1ccc(CN(C)c2cccc(Nc3nc(-c4cccnc4)cs3)c2)cc1. The molecule has 0 aliphatic rings. The summed E-state index contributed by atoms with van der Waals surface area (Å²) < 4.78 is 4.75. The molecule has 6 nitrogen and oxygen atoms in total. The van der Waals surface area contributed by atoms with Crippen LogP contribution in [0.25, 0.3) is 11.3 Å². The fourth-order valence-electron chi connectivity index (χ4n) is 3.15. The van der Waals surface area contributed by atoms with E-state index >= 15 is 0 Å². The van der Waals surface area contributed by atoms with Gasteiger partial charge in [-0.15, -0.1) is 11.3 Å². The zero-order valence-electron chi connectivity index (χ0n) is 17.3. The first-order chi connectivity index (χ1) is 15.1. The van der Waals surface area contributed by atoms with Gasteiger partial charge in [0.25, 0.3) is 0 Å². The van der Waals surface area contributed by atoms with Gasteiger partial charge in [-0.1, -0.05) is 18.2 Å². The Balaban J connectivity index is 1.43. The maximum Gasteiger partial charge on any atom is 0.337 e. The summed E-state index contributed by atoms with van der Waals surface area (Å²) in [6, 6.07) is 19.6. The lowest BCUT2D eigenvalue weighted by atomic mass is 10.1. The molecule has 0 spiro atoms. The zero-order valence-corrected chi connectivity index (χ0v) is 18.1. The minimum absolute atomic E-state index is 0.326. The molecule has 4 rings (SSSR count). The quantitative estimate of drug-likeness (QED) is 0.398. The third-order valence-electron chi connectivity index (χ3n) is 4.79. The van der Waals surface area contributed by atoms with Crippen LogP contribution >= 0.6 is 11.3 Å². The smallest absolute Gasteiger partial charge is 0.337 e. The van der Waals surface area contributed by atoms with Crippen molar-refractivity contribution in [2.75, 3.05) is 24.4 Å². The van der Waals surface area contributed by atoms with Gasteiger partial charge < -0.3 is 15.0 Å². The molecule has 1 N–H and O–H groups in total. The molecule has 0 bridgehead atoms. The minimum Gasteiger partial charge on any atom is -0.465 e. The van der Waals surface area contributed by atoms with E-state index in [1.165, 1.54) is 7.11 Å². The summed E-state index contributed by atoms with van der Waals surface area (Å²) in [5, 5.41) is 6.24. The van der Waals surface area contributed by atoms with Crippen LogP contribution in [0.2, 0.25) is 0 Å². The van der Waals surface area contributed by atoms with Gasteiger partial charge in [-0.2, -0.15) is 0 Å². The van der Waals surface area contributed by atoms with Crippen LogP contribution in [0.3, 0.4) is 0 Å². The molecule has 0 saturated heterocycles. The lowest BCUT2D eigenvalue weighted by molar-refractivity contribution is 0.0600. The Bertz CT molecular complexity index is 1160. The van der Waals surface area contributed by atoms with Gasteiger partial charge >= 0.3 is 5.97 Å². The van der Waals surface area contributed by atoms with Crippen LogP contribution < -0.4 is 10.2 Å². The number of carbonyl (C=O) groups excluding carboxylic acids is 1. The van der Waals surface area contributed by atoms with E-state index in [0.717, 1.165) is 33.3 Å². The molecule has 0 aliphatic heterocycles. The number of methoxy groups -OCH3 is 1. The maximum absolute atomic E-state index is 11.6. The topological polar surface area (TPSA) is 67.3 Å². The third-order valence-corrected chi connectivity index (χ3v) is 5.55. The number of aromatic nitrogens is 2. The fraction of sp³-hybridized carbons (Fsp3) is 0.125. The summed E-state index contributed by atoms with van der Waals surface area (Å²) in [6.07, 6.45) is 3.57. The van der Waals surface area contributed by atoms with Gasteiger partial charge in [-0.25, -0.2) is 9.78 Å². The molecule has 4 aromatic rings. The highest BCUT2D eigenvalue weighted by atomic mass is 32.1. The molecule has 0 radical (unpaired) electrons.